The first-order valence-electron chi connectivity index (χ1n) is 7.03. The number of hydrogen-bond acceptors (Lipinski definition) is 7. The fourth-order valence-corrected chi connectivity index (χ4v) is 2.02. The van der Waals surface area contributed by atoms with Gasteiger partial charge in [0.1, 0.15) is 0 Å². The van der Waals surface area contributed by atoms with Crippen molar-refractivity contribution in [1.29, 1.82) is 0 Å². The van der Waals surface area contributed by atoms with Gasteiger partial charge in [0.25, 0.3) is 0 Å². The molecule has 1 atom stereocenters. The average Bonchev–Trinajstić information content (AvgIpc) is 2.83. The second-order valence-electron chi connectivity index (χ2n) is 4.73. The first-order chi connectivity index (χ1) is 10.8. The van der Waals surface area contributed by atoms with E-state index in [0.717, 1.165) is 19.7 Å². The van der Waals surface area contributed by atoms with Crippen molar-refractivity contribution < 1.29 is 19.1 Å². The molecule has 8 heteroatoms. The molecule has 2 heterocycles. The number of hydrogen-bond donors (Lipinski definition) is 2. The normalized spacial score (nSPS) is 19.1. The first kappa shape index (κ1) is 16.2. The van der Waals surface area contributed by atoms with E-state index in [4.69, 9.17) is 9.47 Å². The summed E-state index contributed by atoms with van der Waals surface area (Å²) >= 11 is 0. The molecule has 0 saturated carbocycles. The Kier molecular flexibility index (Phi) is 6.59. The van der Waals surface area contributed by atoms with Crippen molar-refractivity contribution in [3.63, 3.8) is 0 Å². The molecule has 0 bridgehead atoms. The van der Waals surface area contributed by atoms with Gasteiger partial charge in [-0.05, 0) is 6.07 Å². The van der Waals surface area contributed by atoms with E-state index in [1.54, 1.807) is 25.4 Å². The van der Waals surface area contributed by atoms with E-state index in [1.165, 1.54) is 0 Å². The monoisotopic (exact) mass is 308 g/mol. The minimum absolute atomic E-state index is 0.281. The smallest absolute Gasteiger partial charge is 0.320 e. The van der Waals surface area contributed by atoms with E-state index in [2.05, 4.69) is 25.6 Å². The Balaban J connectivity index is 1.94. The van der Waals surface area contributed by atoms with Gasteiger partial charge >= 0.3 is 6.47 Å². The summed E-state index contributed by atoms with van der Waals surface area (Å²) in [5.41, 5.74) is 3.16. The fraction of sp³-hybridized carbons (Fsp3) is 0.500. The maximum atomic E-state index is 10.2. The van der Waals surface area contributed by atoms with Gasteiger partial charge in [0.05, 0.1) is 19.8 Å². The number of carbonyl (C=O) groups is 1. The molecule has 0 aliphatic carbocycles. The van der Waals surface area contributed by atoms with Crippen LogP contribution in [0, 0.1) is 5.92 Å². The highest BCUT2D eigenvalue weighted by molar-refractivity contribution is 5.98. The van der Waals surface area contributed by atoms with Gasteiger partial charge in [-0.1, -0.05) is 0 Å². The lowest BCUT2D eigenvalue weighted by atomic mass is 10.2. The van der Waals surface area contributed by atoms with E-state index in [-0.39, 0.29) is 5.92 Å². The molecule has 1 saturated heterocycles. The number of aliphatic imine (C=N–C) groups is 1. The predicted octanol–water partition coefficient (Wildman–Crippen LogP) is -0.250. The summed E-state index contributed by atoms with van der Waals surface area (Å²) in [4.78, 5) is 22.9. The van der Waals surface area contributed by atoms with Crippen LogP contribution in [0.2, 0.25) is 0 Å². The van der Waals surface area contributed by atoms with Crippen molar-refractivity contribution in [1.82, 2.24) is 15.8 Å². The summed E-state index contributed by atoms with van der Waals surface area (Å²) in [6.45, 7) is 3.92. The molecule has 0 amide bonds. The second kappa shape index (κ2) is 8.96. The summed E-state index contributed by atoms with van der Waals surface area (Å²) in [6.07, 6.45) is 1.61. The van der Waals surface area contributed by atoms with Crippen LogP contribution in [0.1, 0.15) is 5.56 Å². The van der Waals surface area contributed by atoms with E-state index >= 15 is 0 Å². The van der Waals surface area contributed by atoms with Gasteiger partial charge in [0.2, 0.25) is 5.88 Å². The molecule has 2 N–H and O–H groups in total. The number of nitrogens with zero attached hydrogens (tertiary/aromatic N) is 2. The van der Waals surface area contributed by atoms with Gasteiger partial charge in [-0.3, -0.25) is 9.79 Å². The van der Waals surface area contributed by atoms with Crippen molar-refractivity contribution in [2.24, 2.45) is 10.9 Å². The Morgan fingerprint density at radius 3 is 3.41 bits per heavy atom. The van der Waals surface area contributed by atoms with Crippen LogP contribution in [-0.4, -0.2) is 57.2 Å². The maximum absolute atomic E-state index is 10.2. The number of carbonyl (C=O) groups excluding carboxylic acids is 1. The number of ether oxygens (including phenoxy) is 2. The van der Waals surface area contributed by atoms with Gasteiger partial charge in [-0.25, -0.2) is 10.5 Å². The van der Waals surface area contributed by atoms with Gasteiger partial charge < -0.3 is 19.6 Å². The van der Waals surface area contributed by atoms with E-state index in [0.29, 0.717) is 37.0 Å². The summed E-state index contributed by atoms with van der Waals surface area (Å²) in [5, 5.41) is 3.29. The van der Waals surface area contributed by atoms with E-state index in [9.17, 15) is 4.79 Å². The predicted molar refractivity (Wildman–Crippen MR) is 79.7 cm³/mol. The van der Waals surface area contributed by atoms with Crippen LogP contribution in [0.3, 0.4) is 0 Å². The Bertz CT molecular complexity index is 501. The number of aromatic nitrogens is 1. The van der Waals surface area contributed by atoms with Crippen LogP contribution in [-0.2, 0) is 14.4 Å². The minimum atomic E-state index is 0.281. The van der Waals surface area contributed by atoms with Crippen LogP contribution in [0.25, 0.3) is 0 Å². The molecule has 2 rings (SSSR count). The zero-order valence-electron chi connectivity index (χ0n) is 12.4. The zero-order valence-corrected chi connectivity index (χ0v) is 12.4. The topological polar surface area (TPSA) is 94.1 Å². The van der Waals surface area contributed by atoms with Crippen molar-refractivity contribution in [2.45, 2.75) is 0 Å². The molecule has 0 aromatic carbocycles. The summed E-state index contributed by atoms with van der Waals surface area (Å²) in [5.74, 6) is 1.18. The number of hydroxylamine groups is 1. The standard InChI is InChI=1S/C14H20N4O4/c1-15-14(18-22-10-19)12-2-3-17-13(6-12)21-9-11-7-16-4-5-20-8-11/h2-3,6,10-11,16H,4-5,7-9H2,1H3,(H,15,18). The molecule has 1 unspecified atom stereocenters. The molecule has 1 aromatic rings. The SMILES string of the molecule is CN=C(NOC=O)c1ccnc(OCC2CNCCOC2)c1. The summed E-state index contributed by atoms with van der Waals surface area (Å²) in [7, 11) is 1.59. The number of amidine groups is 1. The third-order valence-electron chi connectivity index (χ3n) is 3.11. The average molecular weight is 308 g/mol. The molecular weight excluding hydrogens is 288 g/mol. The highest BCUT2D eigenvalue weighted by atomic mass is 16.7. The number of nitrogens with one attached hydrogen (secondary N) is 2. The fourth-order valence-electron chi connectivity index (χ4n) is 2.02. The molecule has 8 nitrogen and oxygen atoms in total. The molecule has 120 valence electrons. The van der Waals surface area contributed by atoms with Crippen molar-refractivity contribution >= 4 is 12.3 Å². The third kappa shape index (κ3) is 4.97. The van der Waals surface area contributed by atoms with Crippen LogP contribution < -0.4 is 15.5 Å². The van der Waals surface area contributed by atoms with Gasteiger partial charge in [-0.2, -0.15) is 0 Å². The van der Waals surface area contributed by atoms with Crippen LogP contribution in [0.15, 0.2) is 23.3 Å². The molecule has 22 heavy (non-hydrogen) atoms. The highest BCUT2D eigenvalue weighted by Crippen LogP contribution is 2.12. The molecule has 1 aliphatic heterocycles. The Labute approximate surface area is 128 Å². The lowest BCUT2D eigenvalue weighted by Gasteiger charge is -2.15. The Hall–Kier alpha value is -2.19. The largest absolute Gasteiger partial charge is 0.477 e. The van der Waals surface area contributed by atoms with E-state index in [1.807, 2.05) is 0 Å². The Morgan fingerprint density at radius 2 is 2.59 bits per heavy atom. The van der Waals surface area contributed by atoms with Gasteiger partial charge in [-0.15, -0.1) is 0 Å². The van der Waals surface area contributed by atoms with Crippen molar-refractivity contribution in [2.75, 3.05) is 40.0 Å². The van der Waals surface area contributed by atoms with Gasteiger partial charge in [0.15, 0.2) is 5.84 Å². The third-order valence-corrected chi connectivity index (χ3v) is 3.11. The molecule has 0 radical (unpaired) electrons. The molecular formula is C14H20N4O4. The van der Waals surface area contributed by atoms with Gasteiger partial charge in [0, 0.05) is 43.9 Å². The first-order valence-corrected chi connectivity index (χ1v) is 7.03. The Morgan fingerprint density at radius 1 is 1.68 bits per heavy atom. The van der Waals surface area contributed by atoms with Crippen LogP contribution in [0.5, 0.6) is 5.88 Å². The maximum Gasteiger partial charge on any atom is 0.320 e. The lowest BCUT2D eigenvalue weighted by Crippen LogP contribution is -2.27. The molecule has 1 fully saturated rings. The zero-order chi connectivity index (χ0) is 15.6. The lowest BCUT2D eigenvalue weighted by molar-refractivity contribution is -0.132. The molecule has 0 spiro atoms. The summed E-state index contributed by atoms with van der Waals surface area (Å²) in [6, 6.07) is 3.47. The van der Waals surface area contributed by atoms with Crippen molar-refractivity contribution in [3.8, 4) is 5.88 Å². The van der Waals surface area contributed by atoms with Crippen LogP contribution in [0.4, 0.5) is 0 Å². The number of rotatable bonds is 6. The van der Waals surface area contributed by atoms with E-state index < -0.39 is 0 Å². The molecule has 1 aliphatic rings. The second-order valence-corrected chi connectivity index (χ2v) is 4.73. The number of pyridine rings is 1. The quantitative estimate of drug-likeness (QED) is 0.324. The van der Waals surface area contributed by atoms with Crippen LogP contribution >= 0.6 is 0 Å². The highest BCUT2D eigenvalue weighted by Gasteiger charge is 2.14. The van der Waals surface area contributed by atoms with Crippen molar-refractivity contribution in [3.05, 3.63) is 23.9 Å². The molecule has 1 aromatic heterocycles. The summed E-state index contributed by atoms with van der Waals surface area (Å²) < 4.78 is 11.2. The minimum Gasteiger partial charge on any atom is -0.477 e.